The lowest BCUT2D eigenvalue weighted by Crippen LogP contribution is -2.48. The third-order valence-electron chi connectivity index (χ3n) is 5.81. The zero-order chi connectivity index (χ0) is 23.1. The van der Waals surface area contributed by atoms with Crippen LogP contribution in [0.1, 0.15) is 22.3 Å². The lowest BCUT2D eigenvalue weighted by molar-refractivity contribution is -0.0647. The normalized spacial score (nSPS) is 19.7. The van der Waals surface area contributed by atoms with Gasteiger partial charge in [0.05, 0.1) is 13.2 Å². The van der Waals surface area contributed by atoms with Crippen molar-refractivity contribution in [2.24, 2.45) is 0 Å². The van der Waals surface area contributed by atoms with Crippen LogP contribution < -0.4 is 9.47 Å². The van der Waals surface area contributed by atoms with Gasteiger partial charge in [-0.3, -0.25) is 4.90 Å². The van der Waals surface area contributed by atoms with Gasteiger partial charge in [-0.15, -0.1) is 0 Å². The molecule has 1 atom stereocenters. The van der Waals surface area contributed by atoms with E-state index in [0.29, 0.717) is 19.8 Å². The van der Waals surface area contributed by atoms with E-state index in [9.17, 15) is 5.11 Å². The van der Waals surface area contributed by atoms with Crippen LogP contribution in [-0.4, -0.2) is 80.7 Å². The fourth-order valence-corrected chi connectivity index (χ4v) is 3.92. The van der Waals surface area contributed by atoms with E-state index in [-0.39, 0.29) is 13.2 Å². The van der Waals surface area contributed by atoms with Crippen LogP contribution in [0.4, 0.5) is 0 Å². The van der Waals surface area contributed by atoms with E-state index in [0.717, 1.165) is 47.8 Å². The molecule has 0 bridgehead atoms. The molecule has 1 heterocycles. The smallest absolute Gasteiger partial charge is 0.134 e. The van der Waals surface area contributed by atoms with Gasteiger partial charge in [-0.1, -0.05) is 18.2 Å². The summed E-state index contributed by atoms with van der Waals surface area (Å²) in [6.45, 7) is 10.7. The number of aryl methyl sites for hydroxylation is 2. The van der Waals surface area contributed by atoms with Crippen LogP contribution in [0, 0.1) is 20.8 Å². The molecule has 1 aliphatic heterocycles. The molecule has 0 aliphatic carbocycles. The Labute approximate surface area is 192 Å². The molecule has 0 unspecified atom stereocenters. The van der Waals surface area contributed by atoms with Gasteiger partial charge in [0.2, 0.25) is 0 Å². The Morgan fingerprint density at radius 2 is 1.94 bits per heavy atom. The molecule has 0 aromatic heterocycles. The first kappa shape index (κ1) is 24.5. The summed E-state index contributed by atoms with van der Waals surface area (Å²) in [6.07, 6.45) is 0. The second-order valence-electron chi connectivity index (χ2n) is 9.28. The maximum absolute atomic E-state index is 11.3. The first-order valence-electron chi connectivity index (χ1n) is 11.3. The monoisotopic (exact) mass is 442 g/mol. The topological polar surface area (TPSA) is 54.4 Å². The second kappa shape index (κ2) is 11.1. The van der Waals surface area contributed by atoms with Crippen LogP contribution in [0.15, 0.2) is 36.4 Å². The molecule has 6 nitrogen and oxygen atoms in total. The average molecular weight is 443 g/mol. The molecular weight excluding hydrogens is 404 g/mol. The lowest BCUT2D eigenvalue weighted by atomic mass is 10.0. The highest BCUT2D eigenvalue weighted by atomic mass is 16.5. The summed E-state index contributed by atoms with van der Waals surface area (Å²) in [6, 6.07) is 12.4. The standard InChI is InChI=1S/C26H38N2O4/c1-20-13-21(2)22(3)25(14-20)32-19-26(29)17-28(10-11-30-18-26)16-23-7-6-8-24(15-23)31-12-9-27(4)5/h6-8,13-15,29H,9-12,16-19H2,1-5H3/t26-/m0/s1. The van der Waals surface area contributed by atoms with Crippen molar-refractivity contribution < 1.29 is 19.3 Å². The Kier molecular flexibility index (Phi) is 8.54. The quantitative estimate of drug-likeness (QED) is 0.644. The highest BCUT2D eigenvalue weighted by molar-refractivity contribution is 5.42. The number of hydrogen-bond donors (Lipinski definition) is 1. The number of ether oxygens (including phenoxy) is 3. The van der Waals surface area contributed by atoms with Crippen molar-refractivity contribution >= 4 is 0 Å². The Bertz CT molecular complexity index is 886. The van der Waals surface area contributed by atoms with Gasteiger partial charge >= 0.3 is 0 Å². The Morgan fingerprint density at radius 3 is 2.72 bits per heavy atom. The van der Waals surface area contributed by atoms with Crippen molar-refractivity contribution in [2.45, 2.75) is 32.9 Å². The summed E-state index contributed by atoms with van der Waals surface area (Å²) in [5.41, 5.74) is 3.54. The minimum absolute atomic E-state index is 0.195. The first-order valence-corrected chi connectivity index (χ1v) is 11.3. The van der Waals surface area contributed by atoms with Crippen LogP contribution in [0.25, 0.3) is 0 Å². The summed E-state index contributed by atoms with van der Waals surface area (Å²) in [4.78, 5) is 4.33. The molecule has 0 saturated carbocycles. The Morgan fingerprint density at radius 1 is 1.12 bits per heavy atom. The van der Waals surface area contributed by atoms with Crippen molar-refractivity contribution in [1.82, 2.24) is 9.80 Å². The van der Waals surface area contributed by atoms with Crippen molar-refractivity contribution in [1.29, 1.82) is 0 Å². The largest absolute Gasteiger partial charge is 0.492 e. The highest BCUT2D eigenvalue weighted by Gasteiger charge is 2.33. The average Bonchev–Trinajstić information content (AvgIpc) is 2.91. The van der Waals surface area contributed by atoms with E-state index < -0.39 is 5.60 Å². The van der Waals surface area contributed by atoms with Crippen LogP contribution >= 0.6 is 0 Å². The molecule has 2 aromatic rings. The maximum Gasteiger partial charge on any atom is 0.134 e. The molecule has 1 fully saturated rings. The van der Waals surface area contributed by atoms with Gasteiger partial charge < -0.3 is 24.2 Å². The maximum atomic E-state index is 11.3. The number of benzene rings is 2. The van der Waals surface area contributed by atoms with E-state index in [2.05, 4.69) is 48.8 Å². The number of hydrogen-bond acceptors (Lipinski definition) is 6. The van der Waals surface area contributed by atoms with Crippen molar-refractivity contribution in [3.8, 4) is 11.5 Å². The Balaban J connectivity index is 1.62. The molecule has 176 valence electrons. The summed E-state index contributed by atoms with van der Waals surface area (Å²) in [5.74, 6) is 1.70. The molecule has 0 spiro atoms. The van der Waals surface area contributed by atoms with E-state index >= 15 is 0 Å². The predicted molar refractivity (Wildman–Crippen MR) is 128 cm³/mol. The van der Waals surface area contributed by atoms with Crippen LogP contribution in [0.2, 0.25) is 0 Å². The van der Waals surface area contributed by atoms with E-state index in [1.807, 2.05) is 32.3 Å². The van der Waals surface area contributed by atoms with Gasteiger partial charge in [-0.2, -0.15) is 0 Å². The van der Waals surface area contributed by atoms with E-state index in [4.69, 9.17) is 14.2 Å². The van der Waals surface area contributed by atoms with Gasteiger partial charge in [-0.05, 0) is 75.3 Å². The minimum atomic E-state index is -1.07. The summed E-state index contributed by atoms with van der Waals surface area (Å²) >= 11 is 0. The molecule has 1 saturated heterocycles. The molecule has 6 heteroatoms. The van der Waals surface area contributed by atoms with Crippen molar-refractivity contribution in [3.05, 3.63) is 58.7 Å². The molecule has 3 rings (SSSR count). The minimum Gasteiger partial charge on any atom is -0.492 e. The third-order valence-corrected chi connectivity index (χ3v) is 5.81. The van der Waals surface area contributed by atoms with Gasteiger partial charge in [0, 0.05) is 26.2 Å². The SMILES string of the molecule is Cc1cc(C)c(C)c(OC[C@@]2(O)COCCN(Cc3cccc(OCCN(C)C)c3)C2)c1. The lowest BCUT2D eigenvalue weighted by Gasteiger charge is -2.31. The molecule has 1 aliphatic rings. The Hall–Kier alpha value is -2.12. The number of likely N-dealkylation sites (N-methyl/N-ethyl adjacent to an activating group) is 1. The van der Waals surface area contributed by atoms with Crippen LogP contribution in [-0.2, 0) is 11.3 Å². The molecule has 0 amide bonds. The molecule has 2 aromatic carbocycles. The molecule has 32 heavy (non-hydrogen) atoms. The zero-order valence-electron chi connectivity index (χ0n) is 20.2. The fraction of sp³-hybridized carbons (Fsp3) is 0.538. The summed E-state index contributed by atoms with van der Waals surface area (Å²) < 4.78 is 17.7. The number of rotatable bonds is 9. The van der Waals surface area contributed by atoms with Gasteiger partial charge in [0.1, 0.15) is 30.3 Å². The number of β-amino-alcohol motifs (C(OH)–C–C–N with tert-alkyl or cyclic N) is 1. The van der Waals surface area contributed by atoms with Gasteiger partial charge in [0.15, 0.2) is 0 Å². The van der Waals surface area contributed by atoms with E-state index in [1.54, 1.807) is 0 Å². The first-order chi connectivity index (χ1) is 15.2. The zero-order valence-corrected chi connectivity index (χ0v) is 20.2. The summed E-state index contributed by atoms with van der Waals surface area (Å²) in [5, 5.41) is 11.3. The molecule has 1 N–H and O–H groups in total. The van der Waals surface area contributed by atoms with E-state index in [1.165, 1.54) is 5.56 Å². The van der Waals surface area contributed by atoms with Crippen LogP contribution in [0.3, 0.4) is 0 Å². The number of nitrogens with zero attached hydrogens (tertiary/aromatic N) is 2. The summed E-state index contributed by atoms with van der Waals surface area (Å²) in [7, 11) is 4.07. The highest BCUT2D eigenvalue weighted by Crippen LogP contribution is 2.25. The number of aliphatic hydroxyl groups is 1. The third kappa shape index (κ3) is 7.20. The fourth-order valence-electron chi connectivity index (χ4n) is 3.92. The second-order valence-corrected chi connectivity index (χ2v) is 9.28. The van der Waals surface area contributed by atoms with Crippen LogP contribution in [0.5, 0.6) is 11.5 Å². The predicted octanol–water partition coefficient (Wildman–Crippen LogP) is 3.19. The van der Waals surface area contributed by atoms with Gasteiger partial charge in [-0.25, -0.2) is 0 Å². The molecular formula is C26H38N2O4. The van der Waals surface area contributed by atoms with Crippen molar-refractivity contribution in [2.75, 3.05) is 60.2 Å². The molecule has 0 radical (unpaired) electrons. The van der Waals surface area contributed by atoms with Crippen molar-refractivity contribution in [3.63, 3.8) is 0 Å². The van der Waals surface area contributed by atoms with Gasteiger partial charge in [0.25, 0.3) is 0 Å².